The van der Waals surface area contributed by atoms with Crippen molar-refractivity contribution in [3.05, 3.63) is 53.2 Å². The zero-order chi connectivity index (χ0) is 18.0. The predicted octanol–water partition coefficient (Wildman–Crippen LogP) is 3.39. The van der Waals surface area contributed by atoms with Gasteiger partial charge in [0.1, 0.15) is 0 Å². The van der Waals surface area contributed by atoms with Crippen LogP contribution >= 0.6 is 11.6 Å². The van der Waals surface area contributed by atoms with Gasteiger partial charge in [-0.25, -0.2) is 0 Å². The molecule has 134 valence electrons. The van der Waals surface area contributed by atoms with Crippen molar-refractivity contribution in [2.24, 2.45) is 0 Å². The van der Waals surface area contributed by atoms with E-state index >= 15 is 0 Å². The third-order valence-corrected chi connectivity index (χ3v) is 6.62. The first-order chi connectivity index (χ1) is 11.9. The fraction of sp³-hybridized carbons (Fsp3) is 0.389. The van der Waals surface area contributed by atoms with Gasteiger partial charge in [0.05, 0.1) is 5.69 Å². The molecule has 0 spiro atoms. The van der Waals surface area contributed by atoms with Crippen molar-refractivity contribution in [1.29, 1.82) is 0 Å². The molecule has 0 aliphatic carbocycles. The van der Waals surface area contributed by atoms with Crippen LogP contribution in [0.1, 0.15) is 24.5 Å². The van der Waals surface area contributed by atoms with Crippen molar-refractivity contribution in [1.82, 2.24) is 13.6 Å². The molecule has 0 N–H and O–H groups in total. The number of hydrogen-bond acceptors (Lipinski definition) is 3. The molecule has 0 bridgehead atoms. The fourth-order valence-corrected chi connectivity index (χ4v) is 4.49. The van der Waals surface area contributed by atoms with Gasteiger partial charge in [-0.1, -0.05) is 29.8 Å². The van der Waals surface area contributed by atoms with Gasteiger partial charge in [-0.3, -0.25) is 4.98 Å². The maximum Gasteiger partial charge on any atom is 0.281 e. The minimum atomic E-state index is -3.39. The summed E-state index contributed by atoms with van der Waals surface area (Å²) < 4.78 is 27.6. The van der Waals surface area contributed by atoms with Crippen molar-refractivity contribution in [2.75, 3.05) is 27.2 Å². The summed E-state index contributed by atoms with van der Waals surface area (Å²) in [5, 5.41) is 0.672. The van der Waals surface area contributed by atoms with E-state index in [1.165, 1.54) is 4.31 Å². The standard InChI is InChI=1S/C18H22ClN3O2S/c1-21(2)25(23,24)22-11-5-7-15(13-22)18-10-4-9-17(20-18)14-6-3-8-16(19)12-14/h3-4,6,8-10,12,15H,5,7,11,13H2,1-2H3/t15-/m1/s1. The van der Waals surface area contributed by atoms with Crippen molar-refractivity contribution in [3.63, 3.8) is 0 Å². The molecule has 0 amide bonds. The molecule has 1 fully saturated rings. The van der Waals surface area contributed by atoms with Crippen LogP contribution in [0.15, 0.2) is 42.5 Å². The van der Waals surface area contributed by atoms with Gasteiger partial charge in [0.25, 0.3) is 10.2 Å². The van der Waals surface area contributed by atoms with Crippen LogP contribution in [0.2, 0.25) is 5.02 Å². The first-order valence-electron chi connectivity index (χ1n) is 8.28. The van der Waals surface area contributed by atoms with Gasteiger partial charge < -0.3 is 0 Å². The smallest absolute Gasteiger partial charge is 0.252 e. The van der Waals surface area contributed by atoms with Gasteiger partial charge in [-0.2, -0.15) is 17.0 Å². The van der Waals surface area contributed by atoms with Crippen LogP contribution < -0.4 is 0 Å². The van der Waals surface area contributed by atoms with Gasteiger partial charge in [-0.05, 0) is 37.1 Å². The number of hydrogen-bond donors (Lipinski definition) is 0. The van der Waals surface area contributed by atoms with E-state index in [2.05, 4.69) is 0 Å². The molecule has 1 aliphatic heterocycles. The molecule has 1 aromatic carbocycles. The van der Waals surface area contributed by atoms with Crippen LogP contribution in [0.25, 0.3) is 11.3 Å². The van der Waals surface area contributed by atoms with E-state index < -0.39 is 10.2 Å². The molecule has 2 heterocycles. The molecule has 3 rings (SSSR count). The maximum absolute atomic E-state index is 12.4. The van der Waals surface area contributed by atoms with E-state index in [4.69, 9.17) is 16.6 Å². The normalized spacial score (nSPS) is 19.3. The molecule has 5 nitrogen and oxygen atoms in total. The number of pyridine rings is 1. The Morgan fingerprint density at radius 1 is 1.20 bits per heavy atom. The Balaban J connectivity index is 1.86. The van der Waals surface area contributed by atoms with Crippen LogP contribution in [0.5, 0.6) is 0 Å². The summed E-state index contributed by atoms with van der Waals surface area (Å²) >= 11 is 6.08. The Labute approximate surface area is 154 Å². The average molecular weight is 380 g/mol. The average Bonchev–Trinajstić information content (AvgIpc) is 2.62. The molecular weight excluding hydrogens is 358 g/mol. The SMILES string of the molecule is CN(C)S(=O)(=O)N1CCC[C@@H](c2cccc(-c3cccc(Cl)c3)n2)C1. The number of halogens is 1. The van der Waals surface area contributed by atoms with E-state index in [1.54, 1.807) is 18.4 Å². The van der Waals surface area contributed by atoms with Crippen LogP contribution in [0.3, 0.4) is 0 Å². The lowest BCUT2D eigenvalue weighted by Crippen LogP contribution is -2.45. The molecule has 7 heteroatoms. The van der Waals surface area contributed by atoms with Gasteiger partial charge in [0, 0.05) is 49.4 Å². The molecule has 0 radical (unpaired) electrons. The summed E-state index contributed by atoms with van der Waals surface area (Å²) in [7, 11) is -0.254. The maximum atomic E-state index is 12.4. The predicted molar refractivity (Wildman–Crippen MR) is 101 cm³/mol. The molecular formula is C18H22ClN3O2S. The summed E-state index contributed by atoms with van der Waals surface area (Å²) in [6.45, 7) is 1.03. The highest BCUT2D eigenvalue weighted by Gasteiger charge is 2.31. The lowest BCUT2D eigenvalue weighted by Gasteiger charge is -2.33. The van der Waals surface area contributed by atoms with Crippen molar-refractivity contribution in [2.45, 2.75) is 18.8 Å². The first-order valence-corrected chi connectivity index (χ1v) is 10.1. The van der Waals surface area contributed by atoms with Gasteiger partial charge in [-0.15, -0.1) is 0 Å². The second-order valence-corrected chi connectivity index (χ2v) is 9.02. The Morgan fingerprint density at radius 3 is 2.68 bits per heavy atom. The van der Waals surface area contributed by atoms with Gasteiger partial charge in [0.15, 0.2) is 0 Å². The second-order valence-electron chi connectivity index (χ2n) is 6.45. The summed E-state index contributed by atoms with van der Waals surface area (Å²) in [6.07, 6.45) is 1.77. The largest absolute Gasteiger partial charge is 0.281 e. The molecule has 1 atom stereocenters. The summed E-state index contributed by atoms with van der Waals surface area (Å²) in [4.78, 5) is 4.78. The van der Waals surface area contributed by atoms with Crippen LogP contribution in [0, 0.1) is 0 Å². The molecule has 2 aromatic rings. The molecule has 25 heavy (non-hydrogen) atoms. The minimum Gasteiger partial charge on any atom is -0.252 e. The van der Waals surface area contributed by atoms with Gasteiger partial charge >= 0.3 is 0 Å². The highest BCUT2D eigenvalue weighted by atomic mass is 35.5. The zero-order valence-electron chi connectivity index (χ0n) is 14.4. The number of rotatable bonds is 4. The van der Waals surface area contributed by atoms with E-state index in [-0.39, 0.29) is 5.92 Å². The number of nitrogens with zero attached hydrogens (tertiary/aromatic N) is 3. The lowest BCUT2D eigenvalue weighted by atomic mass is 9.95. The highest BCUT2D eigenvalue weighted by molar-refractivity contribution is 7.86. The Kier molecular flexibility index (Phi) is 5.43. The van der Waals surface area contributed by atoms with Crippen LogP contribution in [0.4, 0.5) is 0 Å². The highest BCUT2D eigenvalue weighted by Crippen LogP contribution is 2.29. The third-order valence-electron chi connectivity index (χ3n) is 4.48. The van der Waals surface area contributed by atoms with Crippen LogP contribution in [-0.2, 0) is 10.2 Å². The third kappa shape index (κ3) is 4.03. The number of piperidine rings is 1. The Bertz CT molecular complexity index is 855. The van der Waals surface area contributed by atoms with Crippen LogP contribution in [-0.4, -0.2) is 49.2 Å². The summed E-state index contributed by atoms with van der Waals surface area (Å²) in [6, 6.07) is 13.5. The molecule has 1 saturated heterocycles. The van der Waals surface area contributed by atoms with Gasteiger partial charge in [0.2, 0.25) is 0 Å². The molecule has 1 aliphatic rings. The Hall–Kier alpha value is -1.47. The monoisotopic (exact) mass is 379 g/mol. The molecule has 0 unspecified atom stereocenters. The van der Waals surface area contributed by atoms with E-state index in [0.29, 0.717) is 18.1 Å². The van der Waals surface area contributed by atoms with Crippen molar-refractivity contribution in [3.8, 4) is 11.3 Å². The number of aromatic nitrogens is 1. The lowest BCUT2D eigenvalue weighted by molar-refractivity contribution is 0.296. The zero-order valence-corrected chi connectivity index (χ0v) is 16.0. The topological polar surface area (TPSA) is 53.5 Å². The van der Waals surface area contributed by atoms with E-state index in [0.717, 1.165) is 29.8 Å². The summed E-state index contributed by atoms with van der Waals surface area (Å²) in [5.74, 6) is 0.0996. The second kappa shape index (κ2) is 7.41. The van der Waals surface area contributed by atoms with E-state index in [1.807, 2.05) is 42.5 Å². The van der Waals surface area contributed by atoms with Crippen molar-refractivity contribution < 1.29 is 8.42 Å². The van der Waals surface area contributed by atoms with Crippen molar-refractivity contribution >= 4 is 21.8 Å². The quantitative estimate of drug-likeness (QED) is 0.818. The van der Waals surface area contributed by atoms with E-state index in [9.17, 15) is 8.42 Å². The fourth-order valence-electron chi connectivity index (χ4n) is 3.11. The Morgan fingerprint density at radius 2 is 1.96 bits per heavy atom. The summed E-state index contributed by atoms with van der Waals surface area (Å²) in [5.41, 5.74) is 2.74. The minimum absolute atomic E-state index is 0.0996. The first kappa shape index (κ1) is 18.3. The molecule has 0 saturated carbocycles. The molecule has 1 aromatic heterocycles. The number of benzene rings is 1.